The number of aryl methyl sites for hydroxylation is 1. The number of hydrogen-bond donors (Lipinski definition) is 2. The highest BCUT2D eigenvalue weighted by Gasteiger charge is 2.25. The predicted octanol–water partition coefficient (Wildman–Crippen LogP) is 2.64. The normalized spacial score (nSPS) is 16.6. The third-order valence-corrected chi connectivity index (χ3v) is 4.06. The Bertz CT molecular complexity index is 928. The Kier molecular flexibility index (Phi) is 2.97. The quantitative estimate of drug-likeness (QED) is 0.763. The average Bonchev–Trinajstić information content (AvgIpc) is 2.92. The Balaban J connectivity index is 1.91. The number of imidazole rings is 1. The maximum atomic E-state index is 5.95. The molecule has 0 saturated heterocycles. The molecule has 3 aromatic rings. The molecule has 1 atom stereocenters. The van der Waals surface area contributed by atoms with Crippen LogP contribution in [0.1, 0.15) is 17.3 Å². The first-order valence-electron chi connectivity index (χ1n) is 7.39. The highest BCUT2D eigenvalue weighted by molar-refractivity contribution is 5.94. The zero-order valence-corrected chi connectivity index (χ0v) is 12.9. The highest BCUT2D eigenvalue weighted by Crippen LogP contribution is 2.33. The van der Waals surface area contributed by atoms with Gasteiger partial charge in [-0.15, -0.1) is 0 Å². The number of anilines is 1. The molecular formula is C17H17N5O. The number of aliphatic imine (C=N–C) groups is 1. The summed E-state index contributed by atoms with van der Waals surface area (Å²) in [6.07, 6.45) is -0.247. The van der Waals surface area contributed by atoms with Gasteiger partial charge in [0.05, 0.1) is 18.1 Å². The number of methoxy groups -OCH3 is 1. The van der Waals surface area contributed by atoms with E-state index in [1.807, 2.05) is 43.3 Å². The van der Waals surface area contributed by atoms with Gasteiger partial charge < -0.3 is 10.5 Å². The lowest BCUT2D eigenvalue weighted by Gasteiger charge is -2.24. The van der Waals surface area contributed by atoms with Gasteiger partial charge >= 0.3 is 0 Å². The van der Waals surface area contributed by atoms with Crippen LogP contribution in [0.2, 0.25) is 0 Å². The fraction of sp³-hybridized carbons (Fsp3) is 0.176. The number of nitrogens with one attached hydrogen (secondary N) is 1. The number of rotatable bonds is 2. The molecule has 6 heteroatoms. The van der Waals surface area contributed by atoms with Crippen LogP contribution in [-0.4, -0.2) is 22.6 Å². The molecule has 23 heavy (non-hydrogen) atoms. The molecule has 116 valence electrons. The van der Waals surface area contributed by atoms with E-state index in [1.165, 1.54) is 0 Å². The second kappa shape index (κ2) is 5.01. The van der Waals surface area contributed by atoms with Crippen LogP contribution >= 0.6 is 0 Å². The van der Waals surface area contributed by atoms with E-state index in [0.717, 1.165) is 27.9 Å². The van der Waals surface area contributed by atoms with Crippen molar-refractivity contribution < 1.29 is 4.74 Å². The van der Waals surface area contributed by atoms with E-state index >= 15 is 0 Å². The van der Waals surface area contributed by atoms with Gasteiger partial charge in [-0.1, -0.05) is 18.2 Å². The lowest BCUT2D eigenvalue weighted by molar-refractivity contribution is 0.411. The number of fused-ring (bicyclic) bond motifs is 3. The van der Waals surface area contributed by atoms with E-state index in [2.05, 4.69) is 25.9 Å². The molecule has 1 aliphatic rings. The van der Waals surface area contributed by atoms with Gasteiger partial charge in [-0.3, -0.25) is 9.88 Å². The van der Waals surface area contributed by atoms with Crippen molar-refractivity contribution in [1.82, 2.24) is 9.55 Å². The van der Waals surface area contributed by atoms with Crippen molar-refractivity contribution in [2.75, 3.05) is 12.4 Å². The molecular weight excluding hydrogens is 290 g/mol. The summed E-state index contributed by atoms with van der Waals surface area (Å²) in [6, 6.07) is 14.0. The summed E-state index contributed by atoms with van der Waals surface area (Å²) in [5, 5.41) is 3.04. The molecule has 0 spiro atoms. The minimum Gasteiger partial charge on any atom is -0.496 e. The fourth-order valence-electron chi connectivity index (χ4n) is 3.00. The van der Waals surface area contributed by atoms with Gasteiger partial charge in [0, 0.05) is 0 Å². The van der Waals surface area contributed by atoms with E-state index in [9.17, 15) is 0 Å². The van der Waals surface area contributed by atoms with E-state index in [-0.39, 0.29) is 6.17 Å². The Hall–Kier alpha value is -3.02. The van der Waals surface area contributed by atoms with Crippen molar-refractivity contribution in [3.8, 4) is 5.75 Å². The Morgan fingerprint density at radius 2 is 2.04 bits per heavy atom. The molecule has 0 aliphatic carbocycles. The smallest absolute Gasteiger partial charge is 0.212 e. The summed E-state index contributed by atoms with van der Waals surface area (Å²) in [4.78, 5) is 9.18. The van der Waals surface area contributed by atoms with Crippen LogP contribution in [-0.2, 0) is 0 Å². The number of benzene rings is 2. The number of para-hydroxylation sites is 2. The molecule has 4 rings (SSSR count). The van der Waals surface area contributed by atoms with Crippen LogP contribution in [0.25, 0.3) is 11.0 Å². The maximum absolute atomic E-state index is 5.95. The molecule has 0 fully saturated rings. The number of nitrogens with two attached hydrogens (primary N) is 1. The van der Waals surface area contributed by atoms with Gasteiger partial charge in [0.1, 0.15) is 5.75 Å². The molecule has 1 aliphatic heterocycles. The van der Waals surface area contributed by atoms with Gasteiger partial charge in [-0.2, -0.15) is 0 Å². The Morgan fingerprint density at radius 1 is 1.22 bits per heavy atom. The Morgan fingerprint density at radius 3 is 2.83 bits per heavy atom. The van der Waals surface area contributed by atoms with Gasteiger partial charge in [0.15, 0.2) is 12.1 Å². The van der Waals surface area contributed by atoms with Gasteiger partial charge in [0.2, 0.25) is 5.95 Å². The minimum atomic E-state index is -0.247. The summed E-state index contributed by atoms with van der Waals surface area (Å²) < 4.78 is 7.40. The monoisotopic (exact) mass is 307 g/mol. The highest BCUT2D eigenvalue weighted by atomic mass is 16.5. The average molecular weight is 307 g/mol. The predicted molar refractivity (Wildman–Crippen MR) is 90.8 cm³/mol. The number of guanidine groups is 1. The van der Waals surface area contributed by atoms with Crippen molar-refractivity contribution in [2.45, 2.75) is 13.1 Å². The molecule has 1 aromatic heterocycles. The molecule has 2 aromatic carbocycles. The lowest BCUT2D eigenvalue weighted by Crippen LogP contribution is -2.31. The van der Waals surface area contributed by atoms with E-state index < -0.39 is 0 Å². The second-order valence-corrected chi connectivity index (χ2v) is 5.54. The van der Waals surface area contributed by atoms with Crippen LogP contribution < -0.4 is 15.8 Å². The zero-order chi connectivity index (χ0) is 16.0. The van der Waals surface area contributed by atoms with Crippen LogP contribution in [0.5, 0.6) is 5.75 Å². The van der Waals surface area contributed by atoms with Crippen molar-refractivity contribution in [1.29, 1.82) is 0 Å². The molecule has 1 unspecified atom stereocenters. The number of ether oxygens (including phenoxy) is 1. The third-order valence-electron chi connectivity index (χ3n) is 4.06. The number of aromatic nitrogens is 2. The van der Waals surface area contributed by atoms with Gasteiger partial charge in [-0.25, -0.2) is 9.98 Å². The summed E-state index contributed by atoms with van der Waals surface area (Å²) in [5.41, 5.74) is 9.98. The summed E-state index contributed by atoms with van der Waals surface area (Å²) in [6.45, 7) is 2.02. The number of hydrogen-bond acceptors (Lipinski definition) is 5. The number of nitrogens with zero attached hydrogens (tertiary/aromatic N) is 3. The standard InChI is InChI=1S/C17H17N5O/c1-10-9-11(7-8-14(10)23-2)15-20-16(18)21-17-19-12-5-3-4-6-13(12)22(15)17/h3-9,15H,1-2H3,(H3,18,19,20,21). The van der Waals surface area contributed by atoms with Crippen LogP contribution in [0.15, 0.2) is 47.5 Å². The van der Waals surface area contributed by atoms with Gasteiger partial charge in [0.25, 0.3) is 0 Å². The van der Waals surface area contributed by atoms with E-state index in [4.69, 9.17) is 10.5 Å². The van der Waals surface area contributed by atoms with Crippen LogP contribution in [0, 0.1) is 6.92 Å². The van der Waals surface area contributed by atoms with Crippen molar-refractivity contribution >= 4 is 22.9 Å². The SMILES string of the molecule is COc1ccc(C2N=C(N)Nc3nc4ccccc4n32)cc1C. The molecule has 0 saturated carbocycles. The maximum Gasteiger partial charge on any atom is 0.212 e. The first-order chi connectivity index (χ1) is 11.2. The van der Waals surface area contributed by atoms with E-state index in [1.54, 1.807) is 7.11 Å². The molecule has 6 nitrogen and oxygen atoms in total. The van der Waals surface area contributed by atoms with Crippen LogP contribution in [0.3, 0.4) is 0 Å². The summed E-state index contributed by atoms with van der Waals surface area (Å²) in [5.74, 6) is 1.93. The molecule has 0 bridgehead atoms. The second-order valence-electron chi connectivity index (χ2n) is 5.54. The van der Waals surface area contributed by atoms with Crippen molar-refractivity contribution in [2.24, 2.45) is 10.7 Å². The minimum absolute atomic E-state index is 0.247. The van der Waals surface area contributed by atoms with Crippen molar-refractivity contribution in [3.63, 3.8) is 0 Å². The van der Waals surface area contributed by atoms with Crippen molar-refractivity contribution in [3.05, 3.63) is 53.6 Å². The molecule has 0 amide bonds. The molecule has 0 radical (unpaired) electrons. The summed E-state index contributed by atoms with van der Waals surface area (Å²) >= 11 is 0. The fourth-order valence-corrected chi connectivity index (χ4v) is 3.00. The summed E-state index contributed by atoms with van der Waals surface area (Å²) in [7, 11) is 1.67. The Labute approximate surface area is 133 Å². The zero-order valence-electron chi connectivity index (χ0n) is 12.9. The molecule has 3 N–H and O–H groups in total. The first-order valence-corrected chi connectivity index (χ1v) is 7.39. The first kappa shape index (κ1) is 13.6. The lowest BCUT2D eigenvalue weighted by atomic mass is 10.1. The third kappa shape index (κ3) is 2.11. The van der Waals surface area contributed by atoms with E-state index in [0.29, 0.717) is 11.9 Å². The van der Waals surface area contributed by atoms with Crippen LogP contribution in [0.4, 0.5) is 5.95 Å². The topological polar surface area (TPSA) is 77.5 Å². The molecule has 2 heterocycles. The largest absolute Gasteiger partial charge is 0.496 e. The van der Waals surface area contributed by atoms with Gasteiger partial charge in [-0.05, 0) is 42.3 Å².